The molecule has 108 valence electrons. The minimum atomic E-state index is -0.255. The molecule has 0 spiro atoms. The molecule has 1 aliphatic carbocycles. The highest BCUT2D eigenvalue weighted by atomic mass is 16.5. The molecule has 1 N–H and O–H groups in total. The number of hydrogen-bond donors (Lipinski definition) is 1. The molecule has 2 rings (SSSR count). The molecular weight excluding hydrogens is 240 g/mol. The quantitative estimate of drug-likeness (QED) is 0.852. The summed E-state index contributed by atoms with van der Waals surface area (Å²) in [5, 5.41) is 10.1. The smallest absolute Gasteiger partial charge is 0.0807 e. The van der Waals surface area contributed by atoms with Gasteiger partial charge in [0.05, 0.1) is 12.7 Å². The molecule has 1 aromatic rings. The Morgan fingerprint density at radius 1 is 1.47 bits per heavy atom. The number of nitrogens with zero attached hydrogens (tertiary/aromatic N) is 2. The Hall–Kier alpha value is -0.840. The fourth-order valence-corrected chi connectivity index (χ4v) is 2.88. The lowest BCUT2D eigenvalue weighted by Crippen LogP contribution is -2.27. The summed E-state index contributed by atoms with van der Waals surface area (Å²) in [6.07, 6.45) is 2.85. The van der Waals surface area contributed by atoms with E-state index < -0.39 is 0 Å². The molecule has 1 atom stereocenters. The zero-order valence-corrected chi connectivity index (χ0v) is 12.4. The van der Waals surface area contributed by atoms with E-state index in [1.807, 2.05) is 0 Å². The van der Waals surface area contributed by atoms with E-state index in [4.69, 9.17) is 4.74 Å². The van der Waals surface area contributed by atoms with E-state index in [9.17, 15) is 5.11 Å². The first kappa shape index (κ1) is 14.6. The number of aryl methyl sites for hydroxylation is 1. The fourth-order valence-electron chi connectivity index (χ4n) is 2.88. The van der Waals surface area contributed by atoms with E-state index in [1.54, 1.807) is 7.11 Å². The van der Waals surface area contributed by atoms with Crippen molar-refractivity contribution in [2.75, 3.05) is 33.9 Å². The van der Waals surface area contributed by atoms with Crippen molar-refractivity contribution in [2.45, 2.75) is 38.8 Å². The van der Waals surface area contributed by atoms with E-state index in [0.717, 1.165) is 51.1 Å². The Balaban J connectivity index is 2.00. The highest BCUT2D eigenvalue weighted by molar-refractivity contribution is 5.31. The second kappa shape index (κ2) is 6.55. The first-order valence-corrected chi connectivity index (χ1v) is 7.18. The largest absolute Gasteiger partial charge is 0.388 e. The molecule has 1 unspecified atom stereocenters. The van der Waals surface area contributed by atoms with Crippen molar-refractivity contribution >= 4 is 0 Å². The fraction of sp³-hybridized carbons (Fsp3) is 0.733. The molecule has 1 aromatic heterocycles. The Morgan fingerprint density at radius 3 is 3.00 bits per heavy atom. The van der Waals surface area contributed by atoms with Crippen molar-refractivity contribution in [1.29, 1.82) is 0 Å². The van der Waals surface area contributed by atoms with E-state index >= 15 is 0 Å². The van der Waals surface area contributed by atoms with Crippen LogP contribution < -0.4 is 0 Å². The van der Waals surface area contributed by atoms with Gasteiger partial charge < -0.3 is 19.3 Å². The summed E-state index contributed by atoms with van der Waals surface area (Å²) in [6.45, 7) is 5.88. The second-order valence-electron chi connectivity index (χ2n) is 5.54. The minimum Gasteiger partial charge on any atom is -0.388 e. The van der Waals surface area contributed by atoms with Crippen LogP contribution in [0, 0.1) is 6.92 Å². The first-order chi connectivity index (χ1) is 9.13. The van der Waals surface area contributed by atoms with Crippen LogP contribution in [0.1, 0.15) is 35.9 Å². The maximum atomic E-state index is 10.1. The van der Waals surface area contributed by atoms with Crippen LogP contribution >= 0.6 is 0 Å². The lowest BCUT2D eigenvalue weighted by Gasteiger charge is -2.22. The normalized spacial score (nSPS) is 18.9. The van der Waals surface area contributed by atoms with Gasteiger partial charge in [-0.1, -0.05) is 0 Å². The highest BCUT2D eigenvalue weighted by Crippen LogP contribution is 2.31. The number of ether oxygens (including phenoxy) is 1. The standard InChI is InChI=1S/C15H26N2O2/c1-12-11-13-14(5-4-6-15(13)18)17(12)8-7-16(2)9-10-19-3/h11,15,18H,4-10H2,1-3H3. The number of fused-ring (bicyclic) bond motifs is 1. The van der Waals surface area contributed by atoms with Crippen molar-refractivity contribution in [3.63, 3.8) is 0 Å². The minimum absolute atomic E-state index is 0.255. The van der Waals surface area contributed by atoms with Gasteiger partial charge in [0.1, 0.15) is 0 Å². The zero-order chi connectivity index (χ0) is 13.8. The van der Waals surface area contributed by atoms with Crippen LogP contribution in [0.2, 0.25) is 0 Å². The predicted octanol–water partition coefficient (Wildman–Crippen LogP) is 1.74. The second-order valence-corrected chi connectivity index (χ2v) is 5.54. The lowest BCUT2D eigenvalue weighted by molar-refractivity contribution is 0.153. The zero-order valence-electron chi connectivity index (χ0n) is 12.4. The number of hydrogen-bond acceptors (Lipinski definition) is 3. The van der Waals surface area contributed by atoms with Crippen LogP contribution in [-0.2, 0) is 17.7 Å². The number of methoxy groups -OCH3 is 1. The Bertz CT molecular complexity index is 415. The van der Waals surface area contributed by atoms with Gasteiger partial charge in [0.15, 0.2) is 0 Å². The van der Waals surface area contributed by atoms with Gasteiger partial charge in [-0.2, -0.15) is 0 Å². The molecule has 0 saturated heterocycles. The number of rotatable bonds is 6. The number of likely N-dealkylation sites (N-methyl/N-ethyl adjacent to an activating group) is 1. The van der Waals surface area contributed by atoms with Gasteiger partial charge in [0.2, 0.25) is 0 Å². The van der Waals surface area contributed by atoms with Crippen LogP contribution in [0.15, 0.2) is 6.07 Å². The summed E-state index contributed by atoms with van der Waals surface area (Å²) >= 11 is 0. The van der Waals surface area contributed by atoms with Crippen LogP contribution in [0.5, 0.6) is 0 Å². The van der Waals surface area contributed by atoms with Crippen molar-refractivity contribution in [3.8, 4) is 0 Å². The monoisotopic (exact) mass is 266 g/mol. The SMILES string of the molecule is COCCN(C)CCn1c(C)cc2c1CCCC2O. The summed E-state index contributed by atoms with van der Waals surface area (Å²) < 4.78 is 7.47. The molecule has 1 heterocycles. The van der Waals surface area contributed by atoms with Crippen LogP contribution in [0.3, 0.4) is 0 Å². The van der Waals surface area contributed by atoms with Crippen molar-refractivity contribution in [1.82, 2.24) is 9.47 Å². The molecule has 0 radical (unpaired) electrons. The third kappa shape index (κ3) is 3.38. The molecule has 19 heavy (non-hydrogen) atoms. The van der Waals surface area contributed by atoms with E-state index in [-0.39, 0.29) is 6.10 Å². The van der Waals surface area contributed by atoms with Gasteiger partial charge >= 0.3 is 0 Å². The first-order valence-electron chi connectivity index (χ1n) is 7.18. The van der Waals surface area contributed by atoms with Crippen molar-refractivity contribution in [3.05, 3.63) is 23.0 Å². The van der Waals surface area contributed by atoms with E-state index in [1.165, 1.54) is 11.4 Å². The number of aliphatic hydroxyl groups excluding tert-OH is 1. The molecule has 0 fully saturated rings. The van der Waals surface area contributed by atoms with E-state index in [0.29, 0.717) is 0 Å². The van der Waals surface area contributed by atoms with Gasteiger partial charge in [-0.3, -0.25) is 0 Å². The maximum Gasteiger partial charge on any atom is 0.0807 e. The maximum absolute atomic E-state index is 10.1. The third-order valence-electron chi connectivity index (χ3n) is 4.08. The number of aromatic nitrogens is 1. The average Bonchev–Trinajstić information content (AvgIpc) is 2.71. The molecule has 0 saturated carbocycles. The summed E-state index contributed by atoms with van der Waals surface area (Å²) in [5.41, 5.74) is 3.77. The molecule has 0 aliphatic heterocycles. The highest BCUT2D eigenvalue weighted by Gasteiger charge is 2.22. The lowest BCUT2D eigenvalue weighted by atomic mass is 9.95. The Kier molecular flexibility index (Phi) is 5.02. The molecule has 0 bridgehead atoms. The topological polar surface area (TPSA) is 37.6 Å². The molecule has 1 aliphatic rings. The molecule has 0 aromatic carbocycles. The number of aliphatic hydroxyl groups is 1. The van der Waals surface area contributed by atoms with Gasteiger partial charge in [-0.05, 0) is 39.3 Å². The van der Waals surface area contributed by atoms with Crippen LogP contribution in [-0.4, -0.2) is 48.4 Å². The van der Waals surface area contributed by atoms with Crippen LogP contribution in [0.4, 0.5) is 0 Å². The van der Waals surface area contributed by atoms with Gasteiger partial charge in [-0.15, -0.1) is 0 Å². The van der Waals surface area contributed by atoms with Gasteiger partial charge in [-0.25, -0.2) is 0 Å². The van der Waals surface area contributed by atoms with Crippen LogP contribution in [0.25, 0.3) is 0 Å². The summed E-state index contributed by atoms with van der Waals surface area (Å²) in [7, 11) is 3.86. The van der Waals surface area contributed by atoms with Gasteiger partial charge in [0, 0.05) is 43.7 Å². The average molecular weight is 266 g/mol. The van der Waals surface area contributed by atoms with Crippen molar-refractivity contribution < 1.29 is 9.84 Å². The summed E-state index contributed by atoms with van der Waals surface area (Å²) in [5.74, 6) is 0. The molecule has 0 amide bonds. The summed E-state index contributed by atoms with van der Waals surface area (Å²) in [6, 6.07) is 2.16. The summed E-state index contributed by atoms with van der Waals surface area (Å²) in [4.78, 5) is 2.29. The Morgan fingerprint density at radius 2 is 2.26 bits per heavy atom. The molecular formula is C15H26N2O2. The molecule has 4 heteroatoms. The Labute approximate surface area is 116 Å². The van der Waals surface area contributed by atoms with Gasteiger partial charge in [0.25, 0.3) is 0 Å². The molecule has 4 nitrogen and oxygen atoms in total. The van der Waals surface area contributed by atoms with Crippen molar-refractivity contribution in [2.24, 2.45) is 0 Å². The third-order valence-corrected chi connectivity index (χ3v) is 4.08. The predicted molar refractivity (Wildman–Crippen MR) is 76.4 cm³/mol. The van der Waals surface area contributed by atoms with E-state index in [2.05, 4.69) is 29.5 Å².